The molecule has 216 valence electrons. The van der Waals surface area contributed by atoms with E-state index in [0.717, 1.165) is 16.7 Å². The molecule has 0 aromatic heterocycles. The van der Waals surface area contributed by atoms with E-state index >= 15 is 0 Å². The molecule has 0 spiro atoms. The Morgan fingerprint density at radius 1 is 0.829 bits per heavy atom. The lowest BCUT2D eigenvalue weighted by molar-refractivity contribution is -0.133. The van der Waals surface area contributed by atoms with Gasteiger partial charge in [0.15, 0.2) is 5.78 Å². The summed E-state index contributed by atoms with van der Waals surface area (Å²) in [4.78, 5) is 40.0. The maximum atomic E-state index is 13.7. The second-order valence-corrected chi connectivity index (χ2v) is 10.4. The third-order valence-corrected chi connectivity index (χ3v) is 6.99. The zero-order chi connectivity index (χ0) is 29.2. The SMILES string of the molecule is COc1ccc(C[C@H](NC(=O)[C@@H](N)COCc2ccccc2)C(=O)N[C@@H](Cc2ccccc2)C(=O)[C@]2(C)CO2)cc1. The van der Waals surface area contributed by atoms with E-state index in [0.29, 0.717) is 25.4 Å². The number of benzene rings is 3. The molecule has 1 heterocycles. The van der Waals surface area contributed by atoms with Crippen LogP contribution in [0.4, 0.5) is 0 Å². The van der Waals surface area contributed by atoms with Crippen LogP contribution in [0.3, 0.4) is 0 Å². The van der Waals surface area contributed by atoms with Crippen molar-refractivity contribution in [3.8, 4) is 5.75 Å². The molecule has 0 aliphatic carbocycles. The highest BCUT2D eigenvalue weighted by Crippen LogP contribution is 2.29. The van der Waals surface area contributed by atoms with E-state index in [1.165, 1.54) is 0 Å². The fourth-order valence-electron chi connectivity index (χ4n) is 4.39. The molecule has 1 aliphatic heterocycles. The fraction of sp³-hybridized carbons (Fsp3) is 0.344. The lowest BCUT2D eigenvalue weighted by Gasteiger charge is -2.25. The van der Waals surface area contributed by atoms with Gasteiger partial charge in [-0.1, -0.05) is 72.8 Å². The van der Waals surface area contributed by atoms with Gasteiger partial charge >= 0.3 is 0 Å². The zero-order valence-corrected chi connectivity index (χ0v) is 23.4. The van der Waals surface area contributed by atoms with Crippen LogP contribution in [0.15, 0.2) is 84.9 Å². The number of rotatable bonds is 15. The van der Waals surface area contributed by atoms with Gasteiger partial charge in [0.2, 0.25) is 11.8 Å². The van der Waals surface area contributed by atoms with E-state index in [1.54, 1.807) is 26.2 Å². The van der Waals surface area contributed by atoms with Crippen molar-refractivity contribution in [2.45, 2.75) is 50.1 Å². The molecule has 4 N–H and O–H groups in total. The van der Waals surface area contributed by atoms with Gasteiger partial charge in [0.25, 0.3) is 0 Å². The summed E-state index contributed by atoms with van der Waals surface area (Å²) in [7, 11) is 1.57. The van der Waals surface area contributed by atoms with Crippen LogP contribution in [0.1, 0.15) is 23.6 Å². The molecule has 4 atom stereocenters. The minimum atomic E-state index is -0.995. The lowest BCUT2D eigenvalue weighted by Crippen LogP contribution is -2.57. The molecule has 1 aliphatic rings. The largest absolute Gasteiger partial charge is 0.497 e. The van der Waals surface area contributed by atoms with Crippen LogP contribution >= 0.6 is 0 Å². The van der Waals surface area contributed by atoms with Crippen molar-refractivity contribution in [2.24, 2.45) is 5.73 Å². The van der Waals surface area contributed by atoms with Gasteiger partial charge in [0, 0.05) is 6.42 Å². The monoisotopic (exact) mass is 559 g/mol. The van der Waals surface area contributed by atoms with Crippen LogP contribution in [0.25, 0.3) is 0 Å². The maximum absolute atomic E-state index is 13.7. The maximum Gasteiger partial charge on any atom is 0.243 e. The zero-order valence-electron chi connectivity index (χ0n) is 23.4. The normalized spacial score (nSPS) is 18.0. The second-order valence-electron chi connectivity index (χ2n) is 10.4. The number of ketones is 1. The van der Waals surface area contributed by atoms with Crippen LogP contribution in [0.5, 0.6) is 5.75 Å². The molecule has 4 rings (SSSR count). The summed E-state index contributed by atoms with van der Waals surface area (Å²) in [6, 6.07) is 23.4. The van der Waals surface area contributed by atoms with E-state index in [-0.39, 0.29) is 18.8 Å². The molecule has 1 saturated heterocycles. The molecule has 0 unspecified atom stereocenters. The van der Waals surface area contributed by atoms with Gasteiger partial charge in [-0.15, -0.1) is 0 Å². The van der Waals surface area contributed by atoms with Crippen LogP contribution in [-0.2, 0) is 43.3 Å². The van der Waals surface area contributed by atoms with Crippen molar-refractivity contribution < 1.29 is 28.6 Å². The van der Waals surface area contributed by atoms with Crippen LogP contribution in [0.2, 0.25) is 0 Å². The average molecular weight is 560 g/mol. The highest BCUT2D eigenvalue weighted by atomic mass is 16.6. The number of methoxy groups -OCH3 is 1. The van der Waals surface area contributed by atoms with Crippen molar-refractivity contribution in [1.29, 1.82) is 0 Å². The van der Waals surface area contributed by atoms with Crippen molar-refractivity contribution in [3.63, 3.8) is 0 Å². The minimum absolute atomic E-state index is 0.0254. The summed E-state index contributed by atoms with van der Waals surface area (Å²) in [6.45, 7) is 2.30. The molecule has 0 bridgehead atoms. The van der Waals surface area contributed by atoms with Crippen LogP contribution in [-0.4, -0.2) is 61.6 Å². The number of ether oxygens (including phenoxy) is 3. The third-order valence-electron chi connectivity index (χ3n) is 6.99. The Kier molecular flexibility index (Phi) is 10.2. The van der Waals surface area contributed by atoms with E-state index in [1.807, 2.05) is 72.8 Å². The van der Waals surface area contributed by atoms with Gasteiger partial charge in [0.05, 0.1) is 33.0 Å². The van der Waals surface area contributed by atoms with Crippen molar-refractivity contribution in [2.75, 3.05) is 20.3 Å². The number of hydrogen-bond acceptors (Lipinski definition) is 7. The van der Waals surface area contributed by atoms with Crippen molar-refractivity contribution >= 4 is 17.6 Å². The van der Waals surface area contributed by atoms with Gasteiger partial charge in [0.1, 0.15) is 23.4 Å². The first kappa shape index (κ1) is 29.9. The molecule has 2 amide bonds. The first-order valence-corrected chi connectivity index (χ1v) is 13.6. The predicted molar refractivity (Wildman–Crippen MR) is 154 cm³/mol. The molecule has 1 fully saturated rings. The van der Waals surface area contributed by atoms with Gasteiger partial charge in [-0.25, -0.2) is 0 Å². The fourth-order valence-corrected chi connectivity index (χ4v) is 4.39. The number of nitrogens with two attached hydrogens (primary N) is 1. The molecular formula is C32H37N3O6. The summed E-state index contributed by atoms with van der Waals surface area (Å²) < 4.78 is 16.3. The minimum Gasteiger partial charge on any atom is -0.497 e. The van der Waals surface area contributed by atoms with Crippen LogP contribution in [0, 0.1) is 0 Å². The quantitative estimate of drug-likeness (QED) is 0.244. The number of epoxide rings is 1. The summed E-state index contributed by atoms with van der Waals surface area (Å²) >= 11 is 0. The number of Topliss-reactive ketones (excluding diaryl/α,β-unsaturated/α-hetero) is 1. The number of carbonyl (C=O) groups is 3. The molecule has 3 aromatic rings. The van der Waals surface area contributed by atoms with Gasteiger partial charge < -0.3 is 30.6 Å². The van der Waals surface area contributed by atoms with E-state index in [4.69, 9.17) is 19.9 Å². The van der Waals surface area contributed by atoms with E-state index in [2.05, 4.69) is 10.6 Å². The first-order chi connectivity index (χ1) is 19.8. The van der Waals surface area contributed by atoms with E-state index < -0.39 is 35.5 Å². The molecule has 41 heavy (non-hydrogen) atoms. The molecule has 0 radical (unpaired) electrons. The Balaban J connectivity index is 1.46. The Morgan fingerprint density at radius 2 is 1.37 bits per heavy atom. The number of nitrogens with one attached hydrogen (secondary N) is 2. The molecule has 9 nitrogen and oxygen atoms in total. The molecular weight excluding hydrogens is 522 g/mol. The summed E-state index contributed by atoms with van der Waals surface area (Å²) in [5.41, 5.74) is 7.84. The van der Waals surface area contributed by atoms with Crippen molar-refractivity contribution in [3.05, 3.63) is 102 Å². The Bertz CT molecular complexity index is 1300. The lowest BCUT2D eigenvalue weighted by atomic mass is 9.94. The third kappa shape index (κ3) is 8.72. The average Bonchev–Trinajstić information content (AvgIpc) is 3.75. The van der Waals surface area contributed by atoms with Crippen molar-refractivity contribution in [1.82, 2.24) is 10.6 Å². The van der Waals surface area contributed by atoms with Gasteiger partial charge in [-0.05, 0) is 42.2 Å². The van der Waals surface area contributed by atoms with E-state index in [9.17, 15) is 14.4 Å². The smallest absolute Gasteiger partial charge is 0.243 e. The molecule has 9 heteroatoms. The molecule has 3 aromatic carbocycles. The standard InChI is InChI=1S/C32H37N3O6/c1-32(21-41-32)29(36)27(17-22-9-5-3-6-10-22)34-31(38)28(18-23-13-15-25(39-2)16-14-23)35-30(37)26(33)20-40-19-24-11-7-4-8-12-24/h3-16,26-28H,17-21,33H2,1-2H3,(H,34,38)(H,35,37)/t26-,27-,28-,32-/m0/s1. The Hall–Kier alpha value is -4.05. The van der Waals surface area contributed by atoms with Gasteiger partial charge in [-0.3, -0.25) is 14.4 Å². The Labute approximate surface area is 240 Å². The number of amides is 2. The predicted octanol–water partition coefficient (Wildman–Crippen LogP) is 2.35. The van der Waals surface area contributed by atoms with Gasteiger partial charge in [-0.2, -0.15) is 0 Å². The summed E-state index contributed by atoms with van der Waals surface area (Å²) in [5.74, 6) is -0.571. The summed E-state index contributed by atoms with van der Waals surface area (Å²) in [6.07, 6.45) is 0.472. The number of hydrogen-bond donors (Lipinski definition) is 3. The highest BCUT2D eigenvalue weighted by molar-refractivity contribution is 5.98. The second kappa shape index (κ2) is 14.0. The highest BCUT2D eigenvalue weighted by Gasteiger charge is 2.50. The summed E-state index contributed by atoms with van der Waals surface area (Å²) in [5, 5.41) is 5.66. The molecule has 0 saturated carbocycles. The number of carbonyl (C=O) groups excluding carboxylic acids is 3. The Morgan fingerprint density at radius 3 is 1.95 bits per heavy atom. The topological polar surface area (TPSA) is 132 Å². The first-order valence-electron chi connectivity index (χ1n) is 13.6. The van der Waals surface area contributed by atoms with Crippen LogP contribution < -0.4 is 21.1 Å².